The molecule has 7 nitrogen and oxygen atoms in total. The van der Waals surface area contributed by atoms with Crippen LogP contribution in [0.3, 0.4) is 0 Å². The molecule has 0 radical (unpaired) electrons. The Morgan fingerprint density at radius 2 is 2.16 bits per heavy atom. The highest BCUT2D eigenvalue weighted by Gasteiger charge is 2.28. The van der Waals surface area contributed by atoms with Crippen LogP contribution in [0.25, 0.3) is 0 Å². The molecule has 0 saturated heterocycles. The van der Waals surface area contributed by atoms with Crippen molar-refractivity contribution < 1.29 is 14.4 Å². The predicted molar refractivity (Wildman–Crippen MR) is 98.3 cm³/mol. The first kappa shape index (κ1) is 17.4. The largest absolute Gasteiger partial charge is 0.345 e. The van der Waals surface area contributed by atoms with E-state index in [-0.39, 0.29) is 30.0 Å². The van der Waals surface area contributed by atoms with E-state index in [2.05, 4.69) is 10.3 Å². The van der Waals surface area contributed by atoms with Crippen molar-refractivity contribution in [2.45, 2.75) is 4.90 Å². The first-order valence-electron chi connectivity index (χ1n) is 7.44. The topological polar surface area (TPSA) is 82.6 Å². The zero-order chi connectivity index (χ0) is 18.0. The van der Waals surface area contributed by atoms with Crippen molar-refractivity contribution in [2.24, 2.45) is 0 Å². The molecule has 3 rings (SSSR count). The molecule has 1 aromatic heterocycles. The van der Waals surface area contributed by atoms with Crippen LogP contribution < -0.4 is 10.2 Å². The minimum Gasteiger partial charge on any atom is -0.345 e. The summed E-state index contributed by atoms with van der Waals surface area (Å²) in [5.41, 5.74) is 1.06. The van der Waals surface area contributed by atoms with Crippen LogP contribution in [-0.4, -0.2) is 54.0 Å². The Kier molecular flexibility index (Phi) is 5.05. The summed E-state index contributed by atoms with van der Waals surface area (Å²) < 4.78 is 0. The van der Waals surface area contributed by atoms with Crippen LogP contribution >= 0.6 is 23.1 Å². The molecule has 1 aliphatic heterocycles. The summed E-state index contributed by atoms with van der Waals surface area (Å²) in [6.07, 6.45) is 1.59. The molecule has 0 bridgehead atoms. The fourth-order valence-corrected chi connectivity index (χ4v) is 3.82. The van der Waals surface area contributed by atoms with Gasteiger partial charge < -0.3 is 15.1 Å². The summed E-state index contributed by atoms with van der Waals surface area (Å²) in [6, 6.07) is 5.21. The third-order valence-corrected chi connectivity index (χ3v) is 5.27. The number of aromatic nitrogens is 1. The summed E-state index contributed by atoms with van der Waals surface area (Å²) in [4.78, 5) is 44.5. The predicted octanol–water partition coefficient (Wildman–Crippen LogP) is 1.92. The zero-order valence-electron chi connectivity index (χ0n) is 13.7. The van der Waals surface area contributed by atoms with E-state index < -0.39 is 0 Å². The van der Waals surface area contributed by atoms with Crippen LogP contribution in [0.2, 0.25) is 0 Å². The summed E-state index contributed by atoms with van der Waals surface area (Å²) in [5.74, 6) is -0.386. The number of hydrogen-bond acceptors (Lipinski definition) is 6. The number of hydrogen-bond donors (Lipinski definition) is 1. The molecule has 25 heavy (non-hydrogen) atoms. The zero-order valence-corrected chi connectivity index (χ0v) is 15.3. The first-order valence-corrected chi connectivity index (χ1v) is 9.30. The van der Waals surface area contributed by atoms with Crippen molar-refractivity contribution >= 4 is 51.6 Å². The maximum atomic E-state index is 12.3. The molecule has 1 N–H and O–H groups in total. The molecule has 130 valence electrons. The number of carbonyl (C=O) groups excluding carboxylic acids is 3. The van der Waals surface area contributed by atoms with Crippen LogP contribution in [0, 0.1) is 0 Å². The van der Waals surface area contributed by atoms with Crippen molar-refractivity contribution in [2.75, 3.05) is 36.6 Å². The Morgan fingerprint density at radius 1 is 1.36 bits per heavy atom. The lowest BCUT2D eigenvalue weighted by atomic mass is 10.1. The van der Waals surface area contributed by atoms with Crippen molar-refractivity contribution in [3.8, 4) is 0 Å². The maximum Gasteiger partial charge on any atom is 0.253 e. The molecule has 0 spiro atoms. The molecule has 0 unspecified atom stereocenters. The highest BCUT2D eigenvalue weighted by atomic mass is 32.2. The number of carbonyl (C=O) groups is 3. The van der Waals surface area contributed by atoms with Crippen molar-refractivity contribution in [1.82, 2.24) is 9.88 Å². The lowest BCUT2D eigenvalue weighted by molar-refractivity contribution is -0.120. The van der Waals surface area contributed by atoms with Crippen molar-refractivity contribution in [3.63, 3.8) is 0 Å². The van der Waals surface area contributed by atoms with Gasteiger partial charge in [0.2, 0.25) is 11.8 Å². The molecule has 0 fully saturated rings. The molecule has 0 atom stereocenters. The number of nitrogens with zero attached hydrogens (tertiary/aromatic N) is 3. The van der Waals surface area contributed by atoms with E-state index in [1.807, 2.05) is 6.07 Å². The van der Waals surface area contributed by atoms with E-state index in [1.165, 1.54) is 32.9 Å². The lowest BCUT2D eigenvalue weighted by Crippen LogP contribution is -2.41. The molecule has 1 aromatic carbocycles. The van der Waals surface area contributed by atoms with Crippen LogP contribution in [0.1, 0.15) is 10.4 Å². The van der Waals surface area contributed by atoms with Crippen molar-refractivity contribution in [1.29, 1.82) is 0 Å². The van der Waals surface area contributed by atoms with Gasteiger partial charge in [0.15, 0.2) is 5.13 Å². The standard InChI is InChI=1S/C16H16N4O3S2/c1-19(2)15(23)10-3-4-12-11(7-10)20(14(22)9-25-12)8-13(21)18-16-17-5-6-24-16/h3-7H,8-9H2,1-2H3,(H,17,18,21). The van der Waals surface area contributed by atoms with Gasteiger partial charge in [-0.3, -0.25) is 14.4 Å². The molecular formula is C16H16N4O3S2. The summed E-state index contributed by atoms with van der Waals surface area (Å²) >= 11 is 2.71. The smallest absolute Gasteiger partial charge is 0.253 e. The summed E-state index contributed by atoms with van der Waals surface area (Å²) in [7, 11) is 3.34. The number of nitrogens with one attached hydrogen (secondary N) is 1. The average Bonchev–Trinajstić information content (AvgIpc) is 3.09. The Labute approximate surface area is 153 Å². The Hall–Kier alpha value is -2.39. The van der Waals surface area contributed by atoms with Gasteiger partial charge in [-0.2, -0.15) is 0 Å². The van der Waals surface area contributed by atoms with Crippen molar-refractivity contribution in [3.05, 3.63) is 35.3 Å². The third kappa shape index (κ3) is 3.83. The van der Waals surface area contributed by atoms with Gasteiger partial charge in [-0.05, 0) is 18.2 Å². The van der Waals surface area contributed by atoms with Crippen LogP contribution in [0.5, 0.6) is 0 Å². The summed E-state index contributed by atoms with van der Waals surface area (Å²) in [5, 5.41) is 4.91. The Morgan fingerprint density at radius 3 is 2.84 bits per heavy atom. The van der Waals surface area contributed by atoms with E-state index in [0.29, 0.717) is 16.4 Å². The van der Waals surface area contributed by atoms with Gasteiger partial charge in [0.05, 0.1) is 11.4 Å². The number of benzene rings is 1. The van der Waals surface area contributed by atoms with E-state index >= 15 is 0 Å². The van der Waals surface area contributed by atoms with Crippen LogP contribution in [0.4, 0.5) is 10.8 Å². The Bertz CT molecular complexity index is 821. The average molecular weight is 376 g/mol. The monoisotopic (exact) mass is 376 g/mol. The molecule has 2 heterocycles. The highest BCUT2D eigenvalue weighted by molar-refractivity contribution is 8.00. The number of anilines is 2. The number of amides is 3. The van der Waals surface area contributed by atoms with Gasteiger partial charge in [0, 0.05) is 36.1 Å². The fourth-order valence-electron chi connectivity index (χ4n) is 2.35. The minimum absolute atomic E-state index is 0.119. The van der Waals surface area contributed by atoms with E-state index in [1.54, 1.807) is 37.8 Å². The quantitative estimate of drug-likeness (QED) is 0.882. The third-order valence-electron chi connectivity index (χ3n) is 3.54. The maximum absolute atomic E-state index is 12.3. The number of rotatable bonds is 4. The normalized spacial score (nSPS) is 13.4. The second-order valence-electron chi connectivity index (χ2n) is 5.54. The molecule has 2 aromatic rings. The van der Waals surface area contributed by atoms with E-state index in [4.69, 9.17) is 0 Å². The van der Waals surface area contributed by atoms with Crippen LogP contribution in [0.15, 0.2) is 34.7 Å². The number of thiazole rings is 1. The van der Waals surface area contributed by atoms with Gasteiger partial charge in [-0.25, -0.2) is 4.98 Å². The number of thioether (sulfide) groups is 1. The second kappa shape index (κ2) is 7.24. The van der Waals surface area contributed by atoms with E-state index in [9.17, 15) is 14.4 Å². The Balaban J connectivity index is 1.85. The molecule has 3 amide bonds. The highest BCUT2D eigenvalue weighted by Crippen LogP contribution is 2.36. The van der Waals surface area contributed by atoms with Gasteiger partial charge in [0.1, 0.15) is 6.54 Å². The molecule has 0 saturated carbocycles. The van der Waals surface area contributed by atoms with Gasteiger partial charge in [0.25, 0.3) is 5.91 Å². The molecule has 9 heteroatoms. The van der Waals surface area contributed by atoms with Gasteiger partial charge in [-0.1, -0.05) is 0 Å². The molecule has 0 aliphatic carbocycles. The van der Waals surface area contributed by atoms with Crippen LogP contribution in [-0.2, 0) is 9.59 Å². The first-order chi connectivity index (χ1) is 12.0. The molecule has 1 aliphatic rings. The summed E-state index contributed by atoms with van der Waals surface area (Å²) in [6.45, 7) is -0.119. The van der Waals surface area contributed by atoms with Gasteiger partial charge in [-0.15, -0.1) is 23.1 Å². The lowest BCUT2D eigenvalue weighted by Gasteiger charge is -2.29. The number of fused-ring (bicyclic) bond motifs is 1. The molecular weight excluding hydrogens is 360 g/mol. The minimum atomic E-state index is -0.328. The van der Waals surface area contributed by atoms with Gasteiger partial charge >= 0.3 is 0 Å². The second-order valence-corrected chi connectivity index (χ2v) is 7.45. The van der Waals surface area contributed by atoms with E-state index in [0.717, 1.165) is 4.90 Å². The fraction of sp³-hybridized carbons (Fsp3) is 0.250. The SMILES string of the molecule is CN(C)C(=O)c1ccc2c(c1)N(CC(=O)Nc1nccs1)C(=O)CS2.